The molecule has 3 nitrogen and oxygen atoms in total. The van der Waals surface area contributed by atoms with E-state index in [4.69, 9.17) is 11.6 Å². The number of hydrogen-bond acceptors (Lipinski definition) is 3. The van der Waals surface area contributed by atoms with Gasteiger partial charge in [-0.25, -0.2) is 9.97 Å². The van der Waals surface area contributed by atoms with Crippen molar-refractivity contribution in [3.8, 4) is 0 Å². The molecule has 3 aromatic rings. The van der Waals surface area contributed by atoms with Crippen LogP contribution >= 0.6 is 11.6 Å². The molecule has 1 aromatic heterocycles. The third-order valence-electron chi connectivity index (χ3n) is 2.95. The second kappa shape index (κ2) is 4.86. The summed E-state index contributed by atoms with van der Waals surface area (Å²) in [5.74, 6) is 0.788. The fourth-order valence-electron chi connectivity index (χ4n) is 2.04. The maximum atomic E-state index is 5.98. The van der Waals surface area contributed by atoms with Crippen LogP contribution in [0.4, 0.5) is 11.5 Å². The van der Waals surface area contributed by atoms with E-state index in [-0.39, 0.29) is 0 Å². The van der Waals surface area contributed by atoms with Gasteiger partial charge in [0.05, 0.1) is 5.52 Å². The van der Waals surface area contributed by atoms with Crippen LogP contribution in [0.5, 0.6) is 0 Å². The molecule has 19 heavy (non-hydrogen) atoms. The van der Waals surface area contributed by atoms with Crippen LogP contribution in [0, 0.1) is 6.92 Å². The highest BCUT2D eigenvalue weighted by Crippen LogP contribution is 2.25. The Bertz CT molecular complexity index is 740. The normalized spacial score (nSPS) is 10.6. The summed E-state index contributed by atoms with van der Waals surface area (Å²) in [6.45, 7) is 2.04. The molecule has 0 saturated heterocycles. The molecule has 2 aromatic carbocycles. The number of rotatable bonds is 2. The van der Waals surface area contributed by atoms with Gasteiger partial charge in [0.2, 0.25) is 0 Å². The maximum Gasteiger partial charge on any atom is 0.141 e. The predicted octanol–water partition coefficient (Wildman–Crippen LogP) is 4.34. The molecule has 1 N–H and O–H groups in total. The minimum absolute atomic E-state index is 0.694. The first-order valence-electron chi connectivity index (χ1n) is 5.97. The van der Waals surface area contributed by atoms with Gasteiger partial charge in [-0.15, -0.1) is 0 Å². The largest absolute Gasteiger partial charge is 0.340 e. The molecule has 1 heterocycles. The van der Waals surface area contributed by atoms with Crippen molar-refractivity contribution in [3.05, 3.63) is 59.4 Å². The number of nitrogens with one attached hydrogen (secondary N) is 1. The van der Waals surface area contributed by atoms with Crippen molar-refractivity contribution in [1.82, 2.24) is 9.97 Å². The minimum Gasteiger partial charge on any atom is -0.340 e. The highest BCUT2D eigenvalue weighted by Gasteiger charge is 2.05. The molecule has 0 aliphatic carbocycles. The molecule has 0 saturated carbocycles. The molecule has 3 rings (SSSR count). The Balaban J connectivity index is 2.08. The molecule has 0 fully saturated rings. The predicted molar refractivity (Wildman–Crippen MR) is 79.0 cm³/mol. The fraction of sp³-hybridized carbons (Fsp3) is 0.0667. The number of benzene rings is 2. The Morgan fingerprint density at radius 2 is 1.89 bits per heavy atom. The van der Waals surface area contributed by atoms with Gasteiger partial charge in [0.15, 0.2) is 0 Å². The molecule has 0 atom stereocenters. The quantitative estimate of drug-likeness (QED) is 0.752. The second-order valence-corrected chi connectivity index (χ2v) is 4.77. The van der Waals surface area contributed by atoms with E-state index in [1.54, 1.807) is 6.33 Å². The summed E-state index contributed by atoms with van der Waals surface area (Å²) < 4.78 is 0. The van der Waals surface area contributed by atoms with Crippen LogP contribution < -0.4 is 5.32 Å². The van der Waals surface area contributed by atoms with Crippen molar-refractivity contribution in [2.45, 2.75) is 6.92 Å². The average Bonchev–Trinajstić information content (AvgIpc) is 2.40. The SMILES string of the molecule is Cc1cccc2c(Nc3cccc(Cl)c3)ncnc12. The van der Waals surface area contributed by atoms with Crippen molar-refractivity contribution in [2.24, 2.45) is 0 Å². The molecule has 0 amide bonds. The number of para-hydroxylation sites is 1. The van der Waals surface area contributed by atoms with Crippen molar-refractivity contribution in [2.75, 3.05) is 5.32 Å². The van der Waals surface area contributed by atoms with E-state index >= 15 is 0 Å². The number of fused-ring (bicyclic) bond motifs is 1. The van der Waals surface area contributed by atoms with E-state index in [0.29, 0.717) is 5.02 Å². The Morgan fingerprint density at radius 1 is 1.05 bits per heavy atom. The van der Waals surface area contributed by atoms with E-state index < -0.39 is 0 Å². The third kappa shape index (κ3) is 2.37. The zero-order chi connectivity index (χ0) is 13.2. The lowest BCUT2D eigenvalue weighted by atomic mass is 10.1. The van der Waals surface area contributed by atoms with Crippen molar-refractivity contribution >= 4 is 34.0 Å². The fourth-order valence-corrected chi connectivity index (χ4v) is 2.23. The van der Waals surface area contributed by atoms with E-state index in [0.717, 1.165) is 28.0 Å². The number of halogens is 1. The topological polar surface area (TPSA) is 37.8 Å². The lowest BCUT2D eigenvalue weighted by Crippen LogP contribution is -1.96. The van der Waals surface area contributed by atoms with Gasteiger partial charge in [-0.2, -0.15) is 0 Å². The number of aryl methyl sites for hydroxylation is 1. The van der Waals surface area contributed by atoms with Gasteiger partial charge < -0.3 is 5.32 Å². The van der Waals surface area contributed by atoms with Gasteiger partial charge in [-0.1, -0.05) is 29.8 Å². The number of anilines is 2. The van der Waals surface area contributed by atoms with Gasteiger partial charge in [-0.05, 0) is 36.8 Å². The standard InChI is InChI=1S/C15H12ClN3/c1-10-4-2-7-13-14(10)17-9-18-15(13)19-12-6-3-5-11(16)8-12/h2-9H,1H3,(H,17,18,19). The molecular weight excluding hydrogens is 258 g/mol. The second-order valence-electron chi connectivity index (χ2n) is 4.33. The monoisotopic (exact) mass is 269 g/mol. The van der Waals surface area contributed by atoms with E-state index in [2.05, 4.69) is 15.3 Å². The molecule has 0 spiro atoms. The first-order valence-corrected chi connectivity index (χ1v) is 6.35. The average molecular weight is 270 g/mol. The van der Waals surface area contributed by atoms with Gasteiger partial charge >= 0.3 is 0 Å². The zero-order valence-corrected chi connectivity index (χ0v) is 11.1. The smallest absolute Gasteiger partial charge is 0.141 e. The molecule has 0 bridgehead atoms. The summed E-state index contributed by atoms with van der Waals surface area (Å²) in [4.78, 5) is 8.63. The summed E-state index contributed by atoms with van der Waals surface area (Å²) in [6.07, 6.45) is 1.57. The Kier molecular flexibility index (Phi) is 3.05. The minimum atomic E-state index is 0.694. The van der Waals surface area contributed by atoms with Crippen LogP contribution in [0.1, 0.15) is 5.56 Å². The van der Waals surface area contributed by atoms with Crippen LogP contribution in [-0.2, 0) is 0 Å². The van der Waals surface area contributed by atoms with Crippen LogP contribution in [0.25, 0.3) is 10.9 Å². The van der Waals surface area contributed by atoms with Crippen LogP contribution in [0.2, 0.25) is 5.02 Å². The van der Waals surface area contributed by atoms with Crippen molar-refractivity contribution < 1.29 is 0 Å². The lowest BCUT2D eigenvalue weighted by molar-refractivity contribution is 1.21. The first kappa shape index (κ1) is 11.9. The zero-order valence-electron chi connectivity index (χ0n) is 10.4. The first-order chi connectivity index (χ1) is 9.24. The molecule has 0 unspecified atom stereocenters. The Labute approximate surface area is 116 Å². The molecule has 0 aliphatic heterocycles. The molecule has 0 radical (unpaired) electrons. The number of aromatic nitrogens is 2. The molecule has 4 heteroatoms. The van der Waals surface area contributed by atoms with Gasteiger partial charge in [-0.3, -0.25) is 0 Å². The summed E-state index contributed by atoms with van der Waals surface area (Å²) in [6, 6.07) is 13.6. The van der Waals surface area contributed by atoms with Gasteiger partial charge in [0.1, 0.15) is 12.1 Å². The highest BCUT2D eigenvalue weighted by molar-refractivity contribution is 6.30. The lowest BCUT2D eigenvalue weighted by Gasteiger charge is -2.09. The highest BCUT2D eigenvalue weighted by atomic mass is 35.5. The van der Waals surface area contributed by atoms with Crippen LogP contribution in [-0.4, -0.2) is 9.97 Å². The summed E-state index contributed by atoms with van der Waals surface area (Å²) in [5.41, 5.74) is 3.00. The van der Waals surface area contributed by atoms with Crippen LogP contribution in [0.15, 0.2) is 48.8 Å². The number of nitrogens with zero attached hydrogens (tertiary/aromatic N) is 2. The summed E-state index contributed by atoms with van der Waals surface area (Å²) in [5, 5.41) is 4.98. The van der Waals surface area contributed by atoms with Gasteiger partial charge in [0, 0.05) is 16.1 Å². The molecular formula is C15H12ClN3. The van der Waals surface area contributed by atoms with E-state index in [9.17, 15) is 0 Å². The van der Waals surface area contributed by atoms with E-state index in [1.807, 2.05) is 49.4 Å². The molecule has 0 aliphatic rings. The van der Waals surface area contributed by atoms with E-state index in [1.165, 1.54) is 0 Å². The summed E-state index contributed by atoms with van der Waals surface area (Å²) >= 11 is 5.98. The Morgan fingerprint density at radius 3 is 2.74 bits per heavy atom. The third-order valence-corrected chi connectivity index (χ3v) is 3.19. The maximum absolute atomic E-state index is 5.98. The van der Waals surface area contributed by atoms with Gasteiger partial charge in [0.25, 0.3) is 0 Å². The van der Waals surface area contributed by atoms with Crippen molar-refractivity contribution in [3.63, 3.8) is 0 Å². The summed E-state index contributed by atoms with van der Waals surface area (Å²) in [7, 11) is 0. The number of hydrogen-bond donors (Lipinski definition) is 1. The Hall–Kier alpha value is -2.13. The van der Waals surface area contributed by atoms with Crippen molar-refractivity contribution in [1.29, 1.82) is 0 Å². The molecule has 94 valence electrons. The van der Waals surface area contributed by atoms with Crippen LogP contribution in [0.3, 0.4) is 0 Å².